The minimum atomic E-state index is -5.35. The van der Waals surface area contributed by atoms with Gasteiger partial charge in [-0.1, -0.05) is 126 Å². The molecular formula is C98H45F19N12S3. The van der Waals surface area contributed by atoms with Gasteiger partial charge >= 0.3 is 46.3 Å². The molecule has 9 aromatic rings. The highest BCUT2D eigenvalue weighted by atomic mass is 32.2. The van der Waals surface area contributed by atoms with Crippen LogP contribution in [0.2, 0.25) is 0 Å². The largest absolute Gasteiger partial charge is 0.523 e. The summed E-state index contributed by atoms with van der Waals surface area (Å²) >= 11 is -1.19. The Morgan fingerprint density at radius 2 is 0.439 bits per heavy atom. The molecule has 34 heteroatoms. The van der Waals surface area contributed by atoms with Crippen molar-refractivity contribution in [1.29, 1.82) is 31.6 Å². The number of nitriles is 6. The Balaban J connectivity index is 0.000000169. The van der Waals surface area contributed by atoms with Gasteiger partial charge in [0, 0.05) is 89.9 Å². The number of hydrogen-bond acceptors (Lipinski definition) is 9. The minimum Gasteiger partial charge on any atom is -0.206 e. The summed E-state index contributed by atoms with van der Waals surface area (Å²) in [4.78, 5) is 18.8. The van der Waals surface area contributed by atoms with Crippen molar-refractivity contribution in [1.82, 2.24) is 0 Å². The molecule has 0 unspecified atom stereocenters. The zero-order valence-electron chi connectivity index (χ0n) is 67.4. The molecule has 15 rings (SSSR count). The number of fused-ring (bicyclic) bond motifs is 6. The minimum absolute atomic E-state index is 0.0307. The van der Waals surface area contributed by atoms with Crippen LogP contribution < -0.4 is 31.3 Å². The Kier molecular flexibility index (Phi) is 25.9. The molecular weight excluding hydrogens is 1800 g/mol. The Labute approximate surface area is 749 Å². The molecule has 0 aliphatic heterocycles. The number of thioether (sulfide) groups is 3. The third-order valence-corrected chi connectivity index (χ3v) is 24.2. The van der Waals surface area contributed by atoms with Crippen LogP contribution in [0.15, 0.2) is 228 Å². The smallest absolute Gasteiger partial charge is 0.206 e. The molecule has 648 valence electrons. The van der Waals surface area contributed by atoms with E-state index in [4.69, 9.17) is 39.4 Å². The van der Waals surface area contributed by atoms with Crippen LogP contribution in [0.5, 0.6) is 0 Å². The molecule has 0 aromatic heterocycles. The van der Waals surface area contributed by atoms with E-state index in [0.29, 0.717) is 16.7 Å². The van der Waals surface area contributed by atoms with Crippen molar-refractivity contribution >= 4 is 68.7 Å². The van der Waals surface area contributed by atoms with Crippen LogP contribution in [0, 0.1) is 151 Å². The van der Waals surface area contributed by atoms with E-state index in [9.17, 15) is 71.1 Å². The molecule has 0 bridgehead atoms. The topological polar surface area (TPSA) is 169 Å². The average molecular weight is 1850 g/mol. The van der Waals surface area contributed by atoms with Gasteiger partial charge in [0.25, 0.3) is 0 Å². The van der Waals surface area contributed by atoms with Gasteiger partial charge < -0.3 is 0 Å². The van der Waals surface area contributed by atoms with Crippen LogP contribution in [0.1, 0.15) is 94.6 Å². The molecule has 0 N–H and O–H groups in total. The summed E-state index contributed by atoms with van der Waals surface area (Å²) in [6.07, 6.45) is -13.6. The van der Waals surface area contributed by atoms with Crippen LogP contribution in [0.25, 0.3) is 62.5 Å². The Morgan fingerprint density at radius 3 is 0.636 bits per heavy atom. The third-order valence-electron chi connectivity index (χ3n) is 22.0. The number of aryl methyl sites for hydroxylation is 3. The molecule has 0 amide bonds. The van der Waals surface area contributed by atoms with E-state index in [1.807, 2.05) is 13.8 Å². The number of nitrogens with zero attached hydrogens (tertiary/aromatic N) is 12. The summed E-state index contributed by atoms with van der Waals surface area (Å²) in [5.74, 6) is -4.67. The lowest BCUT2D eigenvalue weighted by Crippen LogP contribution is -2.36. The quantitative estimate of drug-likeness (QED) is 0.0591. The predicted molar refractivity (Wildman–Crippen MR) is 448 cm³/mol. The predicted octanol–water partition coefficient (Wildman–Crippen LogP) is 22.1. The first kappa shape index (κ1) is 93.9. The summed E-state index contributed by atoms with van der Waals surface area (Å²) in [7, 11) is 0. The Hall–Kier alpha value is -15.8. The zero-order valence-corrected chi connectivity index (χ0v) is 69.8. The van der Waals surface area contributed by atoms with Crippen molar-refractivity contribution in [3.63, 3.8) is 0 Å². The molecule has 9 aromatic carbocycles. The molecule has 12 nitrogen and oxygen atoms in total. The molecule has 0 atom stereocenters. The van der Waals surface area contributed by atoms with E-state index in [1.54, 1.807) is 79.7 Å². The van der Waals surface area contributed by atoms with Crippen LogP contribution in [0.3, 0.4) is 0 Å². The highest BCUT2D eigenvalue weighted by molar-refractivity contribution is 8.00. The van der Waals surface area contributed by atoms with Gasteiger partial charge in [0.15, 0.2) is 0 Å². The standard InChI is InChI=1S/C34H15F9N4S.2C32H15F5N4S/c1-16-4-6-17(7-5-16)26-24(31(46-2)47-3)13-23-28(26)29(32(35,36)37)22-12-21(19(14-44)15-45)25(27(22)30(23)33(38,39)40)18-8-10-20(11-9-18)48-34(41,42)43;2*1-16-4-6-17(7-5-16)26-24(31(40-2)41-3)13-23-28(26)29(33)22-12-21(19(14-38)15-39)25(27(22)30(23)34)18-8-10-20(11-9-18)42-32(35,36)37/h4-11H,12-13H2,1H3;2*4-11H,12-13H2,1H3. The maximum atomic E-state index is 16.6. The second kappa shape index (κ2) is 36.4. The number of allylic oxidation sites excluding steroid dienone is 9. The number of benzene rings is 9. The SMILES string of the molecule is [C-]#[N+]C([N+]#[C-])=C1Cc2c(C(F)(F)F)c3c(c(C(F)(F)F)c2=C1c1ccc(C)cc1)CC(=C(C#N)C#N)C=3c1ccc(SC(F)(F)F)cc1.[C-]#[N+]C([N+]#[C-])=C1Cc2c(F)c3c(c(F)c2=C1c1ccc(C)cc1)CC(=C(C#N)C#N)C=3c1ccc(SC(F)(F)F)cc1.[C-]#[N+]C([N+]#[C-])=C1Cc2c(F)c3c(c(F)c2=C1c1ccc(C)cc1)CC(=C(C#N)C#N)C=3c1ccc(SC(F)(F)F)cc1. The van der Waals surface area contributed by atoms with E-state index in [-0.39, 0.29) is 208 Å². The van der Waals surface area contributed by atoms with Crippen molar-refractivity contribution < 1.29 is 83.4 Å². The maximum Gasteiger partial charge on any atom is 0.523 e. The van der Waals surface area contributed by atoms with Gasteiger partial charge in [-0.3, -0.25) is 0 Å². The molecule has 0 spiro atoms. The summed E-state index contributed by atoms with van der Waals surface area (Å²) in [5.41, 5.74) is -17.5. The summed E-state index contributed by atoms with van der Waals surface area (Å²) < 4.78 is 275. The molecule has 0 saturated carbocycles. The second-order valence-electron chi connectivity index (χ2n) is 29.6. The first-order valence-electron chi connectivity index (χ1n) is 38.0. The van der Waals surface area contributed by atoms with Gasteiger partial charge in [-0.25, -0.2) is 17.6 Å². The summed E-state index contributed by atoms with van der Waals surface area (Å²) in [6, 6.07) is 43.5. The van der Waals surface area contributed by atoms with Crippen molar-refractivity contribution in [2.45, 2.75) is 103 Å². The highest BCUT2D eigenvalue weighted by Crippen LogP contribution is 2.49. The van der Waals surface area contributed by atoms with Crippen molar-refractivity contribution in [2.75, 3.05) is 0 Å². The Morgan fingerprint density at radius 1 is 0.265 bits per heavy atom. The molecule has 6 aliphatic rings. The van der Waals surface area contributed by atoms with Gasteiger partial charge in [0.1, 0.15) is 116 Å². The van der Waals surface area contributed by atoms with Gasteiger partial charge in [0.2, 0.25) is 0 Å². The fraction of sp³-hybridized carbons (Fsp3) is 0.143. The molecule has 6 aliphatic carbocycles. The number of rotatable bonds is 9. The van der Waals surface area contributed by atoms with Gasteiger partial charge in [-0.15, -0.1) is 0 Å². The van der Waals surface area contributed by atoms with E-state index in [1.165, 1.54) is 84.9 Å². The summed E-state index contributed by atoms with van der Waals surface area (Å²) in [6.45, 7) is 50.4. The van der Waals surface area contributed by atoms with Crippen LogP contribution in [-0.2, 0) is 50.9 Å². The fourth-order valence-corrected chi connectivity index (χ4v) is 18.5. The second-order valence-corrected chi connectivity index (χ2v) is 33.0. The molecule has 0 fully saturated rings. The number of alkyl halides is 15. The van der Waals surface area contributed by atoms with Gasteiger partial charge in [-0.2, -0.15) is 126 Å². The van der Waals surface area contributed by atoms with Gasteiger partial charge in [0.05, 0.1) is 27.8 Å². The number of halogens is 19. The van der Waals surface area contributed by atoms with Crippen LogP contribution in [-0.4, -0.2) is 16.5 Å². The Bertz CT molecular complexity index is 7400. The summed E-state index contributed by atoms with van der Waals surface area (Å²) in [5, 5.41) is 55.6. The molecule has 0 radical (unpaired) electrons. The van der Waals surface area contributed by atoms with E-state index >= 15 is 43.9 Å². The zero-order chi connectivity index (χ0) is 96.0. The first-order chi connectivity index (χ1) is 62.5. The van der Waals surface area contributed by atoms with Crippen molar-refractivity contribution in [2.24, 2.45) is 0 Å². The number of hydrogen-bond donors (Lipinski definition) is 0. The van der Waals surface area contributed by atoms with Crippen molar-refractivity contribution in [3.05, 3.63) is 431 Å². The average Bonchev–Trinajstić information content (AvgIpc) is 1.53. The third kappa shape index (κ3) is 17.8. The lowest BCUT2D eigenvalue weighted by atomic mass is 9.90. The van der Waals surface area contributed by atoms with Crippen LogP contribution in [0.4, 0.5) is 83.4 Å². The van der Waals surface area contributed by atoms with E-state index < -0.39 is 132 Å². The molecule has 132 heavy (non-hydrogen) atoms. The molecule has 0 heterocycles. The first-order valence-corrected chi connectivity index (χ1v) is 40.5. The monoisotopic (exact) mass is 1850 g/mol. The highest BCUT2D eigenvalue weighted by Gasteiger charge is 2.50. The molecule has 0 saturated heterocycles. The van der Waals surface area contributed by atoms with Gasteiger partial charge in [-0.05, 0) is 204 Å². The van der Waals surface area contributed by atoms with E-state index in [0.717, 1.165) is 35.4 Å². The van der Waals surface area contributed by atoms with Crippen LogP contribution >= 0.6 is 35.3 Å². The van der Waals surface area contributed by atoms with Crippen molar-refractivity contribution in [3.8, 4) is 36.4 Å². The normalized spacial score (nSPS) is 13.8. The fourth-order valence-electron chi connectivity index (χ4n) is 16.9. The van der Waals surface area contributed by atoms with E-state index in [2.05, 4.69) is 29.1 Å². The lowest BCUT2D eigenvalue weighted by Gasteiger charge is -2.19. The maximum absolute atomic E-state index is 16.6. The lowest BCUT2D eigenvalue weighted by molar-refractivity contribution is -0.143.